The zero-order chi connectivity index (χ0) is 9.07. The molecule has 2 N–H and O–H groups in total. The van der Waals surface area contributed by atoms with E-state index in [2.05, 4.69) is 5.32 Å². The van der Waals surface area contributed by atoms with Gasteiger partial charge >= 0.3 is 0 Å². The molecular formula is C8H17NO2. The number of rotatable bonds is 3. The van der Waals surface area contributed by atoms with Crippen LogP contribution >= 0.6 is 0 Å². The molecular weight excluding hydrogens is 142 g/mol. The van der Waals surface area contributed by atoms with Gasteiger partial charge in [-0.25, -0.2) is 0 Å². The number of amides is 1. The van der Waals surface area contributed by atoms with E-state index in [-0.39, 0.29) is 18.4 Å². The standard InChI is InChI=1S/C8H17NO2/c1-6(2)9-7(10)5-8(3,4)11/h6,11H,5H2,1-4H3,(H,9,10). The zero-order valence-corrected chi connectivity index (χ0v) is 7.64. The van der Waals surface area contributed by atoms with Crippen LogP contribution in [-0.4, -0.2) is 22.7 Å². The average molecular weight is 159 g/mol. The number of carbonyl (C=O) groups excluding carboxylic acids is 1. The number of hydrogen-bond donors (Lipinski definition) is 2. The first-order valence-corrected chi connectivity index (χ1v) is 3.83. The SMILES string of the molecule is CC(C)NC(=O)CC(C)(C)O. The number of aliphatic hydroxyl groups is 1. The topological polar surface area (TPSA) is 49.3 Å². The highest BCUT2D eigenvalue weighted by molar-refractivity contribution is 5.77. The van der Waals surface area contributed by atoms with Gasteiger partial charge < -0.3 is 10.4 Å². The summed E-state index contributed by atoms with van der Waals surface area (Å²) in [5.41, 5.74) is -0.904. The predicted octanol–water partition coefficient (Wildman–Crippen LogP) is 0.672. The fraction of sp³-hybridized carbons (Fsp3) is 0.875. The molecule has 0 rings (SSSR count). The normalized spacial score (nSPS) is 11.8. The second kappa shape index (κ2) is 3.72. The van der Waals surface area contributed by atoms with Gasteiger partial charge in [0.05, 0.1) is 12.0 Å². The second-order valence-electron chi connectivity index (χ2n) is 3.71. The lowest BCUT2D eigenvalue weighted by molar-refractivity contribution is -0.125. The van der Waals surface area contributed by atoms with Crippen LogP contribution in [0.4, 0.5) is 0 Å². The van der Waals surface area contributed by atoms with E-state index in [4.69, 9.17) is 0 Å². The van der Waals surface area contributed by atoms with E-state index in [1.807, 2.05) is 13.8 Å². The minimum absolute atomic E-state index is 0.104. The Kier molecular flexibility index (Phi) is 3.52. The maximum atomic E-state index is 11.0. The first-order chi connectivity index (χ1) is 4.81. The molecule has 0 saturated carbocycles. The zero-order valence-electron chi connectivity index (χ0n) is 7.64. The summed E-state index contributed by atoms with van der Waals surface area (Å²) in [5.74, 6) is -0.104. The first-order valence-electron chi connectivity index (χ1n) is 3.83. The van der Waals surface area contributed by atoms with Crippen molar-refractivity contribution < 1.29 is 9.90 Å². The van der Waals surface area contributed by atoms with Gasteiger partial charge in [0.25, 0.3) is 0 Å². The lowest BCUT2D eigenvalue weighted by Crippen LogP contribution is -2.35. The third-order valence-corrected chi connectivity index (χ3v) is 1.04. The second-order valence-corrected chi connectivity index (χ2v) is 3.71. The van der Waals surface area contributed by atoms with Crippen LogP contribution in [0.25, 0.3) is 0 Å². The highest BCUT2D eigenvalue weighted by Gasteiger charge is 2.17. The van der Waals surface area contributed by atoms with Crippen LogP contribution in [0.15, 0.2) is 0 Å². The summed E-state index contributed by atoms with van der Waals surface area (Å²) in [4.78, 5) is 11.0. The van der Waals surface area contributed by atoms with Gasteiger partial charge in [0.15, 0.2) is 0 Å². The van der Waals surface area contributed by atoms with Gasteiger partial charge in [-0.3, -0.25) is 4.79 Å². The van der Waals surface area contributed by atoms with Crippen molar-refractivity contribution in [2.75, 3.05) is 0 Å². The van der Waals surface area contributed by atoms with Gasteiger partial charge in [0.1, 0.15) is 0 Å². The summed E-state index contributed by atoms with van der Waals surface area (Å²) in [6.45, 7) is 7.02. The molecule has 0 atom stereocenters. The van der Waals surface area contributed by atoms with Gasteiger partial charge in [-0.05, 0) is 27.7 Å². The van der Waals surface area contributed by atoms with E-state index in [9.17, 15) is 9.90 Å². The average Bonchev–Trinajstić information content (AvgIpc) is 1.53. The Labute approximate surface area is 67.8 Å². The van der Waals surface area contributed by atoms with Crippen LogP contribution in [-0.2, 0) is 4.79 Å². The van der Waals surface area contributed by atoms with Crippen LogP contribution in [0.5, 0.6) is 0 Å². The van der Waals surface area contributed by atoms with Crippen molar-refractivity contribution in [1.29, 1.82) is 0 Å². The van der Waals surface area contributed by atoms with Crippen LogP contribution in [0.3, 0.4) is 0 Å². The lowest BCUT2D eigenvalue weighted by Gasteiger charge is -2.17. The molecule has 66 valence electrons. The first kappa shape index (κ1) is 10.4. The molecule has 0 aromatic heterocycles. The van der Waals surface area contributed by atoms with Crippen LogP contribution in [0.1, 0.15) is 34.1 Å². The molecule has 0 fully saturated rings. The number of hydrogen-bond acceptors (Lipinski definition) is 2. The molecule has 0 saturated heterocycles. The van der Waals surface area contributed by atoms with E-state index in [1.54, 1.807) is 13.8 Å². The molecule has 0 aromatic carbocycles. The van der Waals surface area contributed by atoms with Gasteiger partial charge in [0, 0.05) is 6.04 Å². The molecule has 0 aliphatic rings. The molecule has 0 unspecified atom stereocenters. The van der Waals surface area contributed by atoms with Crippen molar-refractivity contribution in [3.8, 4) is 0 Å². The molecule has 11 heavy (non-hydrogen) atoms. The van der Waals surface area contributed by atoms with Crippen LogP contribution < -0.4 is 5.32 Å². The molecule has 0 aliphatic heterocycles. The third-order valence-electron chi connectivity index (χ3n) is 1.04. The highest BCUT2D eigenvalue weighted by atomic mass is 16.3. The van der Waals surface area contributed by atoms with Crippen molar-refractivity contribution in [3.05, 3.63) is 0 Å². The highest BCUT2D eigenvalue weighted by Crippen LogP contribution is 2.06. The quantitative estimate of drug-likeness (QED) is 0.636. The van der Waals surface area contributed by atoms with E-state index in [0.29, 0.717) is 0 Å². The molecule has 1 amide bonds. The van der Waals surface area contributed by atoms with E-state index in [0.717, 1.165) is 0 Å². The summed E-state index contributed by atoms with van der Waals surface area (Å²) < 4.78 is 0. The van der Waals surface area contributed by atoms with Crippen molar-refractivity contribution in [2.45, 2.75) is 45.8 Å². The summed E-state index contributed by atoms with van der Waals surface area (Å²) >= 11 is 0. The summed E-state index contributed by atoms with van der Waals surface area (Å²) in [5, 5.41) is 11.9. The summed E-state index contributed by atoms with van der Waals surface area (Å²) in [7, 11) is 0. The van der Waals surface area contributed by atoms with Gasteiger partial charge in [-0.15, -0.1) is 0 Å². The molecule has 0 heterocycles. The minimum Gasteiger partial charge on any atom is -0.390 e. The van der Waals surface area contributed by atoms with Crippen molar-refractivity contribution >= 4 is 5.91 Å². The Morgan fingerprint density at radius 3 is 2.27 bits per heavy atom. The largest absolute Gasteiger partial charge is 0.390 e. The Hall–Kier alpha value is -0.570. The Bertz CT molecular complexity index is 136. The van der Waals surface area contributed by atoms with Gasteiger partial charge in [0.2, 0.25) is 5.91 Å². The maximum absolute atomic E-state index is 11.0. The monoisotopic (exact) mass is 159 g/mol. The smallest absolute Gasteiger partial charge is 0.223 e. The van der Waals surface area contributed by atoms with Crippen molar-refractivity contribution in [1.82, 2.24) is 5.32 Å². The molecule has 0 aromatic rings. The fourth-order valence-corrected chi connectivity index (χ4v) is 0.766. The predicted molar refractivity (Wildman–Crippen MR) is 44.2 cm³/mol. The summed E-state index contributed by atoms with van der Waals surface area (Å²) in [6, 6.07) is 0.143. The molecule has 0 spiro atoms. The third kappa shape index (κ3) is 7.33. The molecule has 3 heteroatoms. The summed E-state index contributed by atoms with van der Waals surface area (Å²) in [6.07, 6.45) is 0.158. The lowest BCUT2D eigenvalue weighted by atomic mass is 10.1. The molecule has 0 bridgehead atoms. The number of carbonyl (C=O) groups is 1. The molecule has 3 nitrogen and oxygen atoms in total. The van der Waals surface area contributed by atoms with Gasteiger partial charge in [-0.2, -0.15) is 0 Å². The Balaban J connectivity index is 3.71. The Morgan fingerprint density at radius 1 is 1.55 bits per heavy atom. The van der Waals surface area contributed by atoms with E-state index < -0.39 is 5.60 Å². The molecule has 0 aliphatic carbocycles. The number of nitrogens with one attached hydrogen (secondary N) is 1. The van der Waals surface area contributed by atoms with Crippen LogP contribution in [0.2, 0.25) is 0 Å². The van der Waals surface area contributed by atoms with Crippen LogP contribution in [0, 0.1) is 0 Å². The van der Waals surface area contributed by atoms with Crippen molar-refractivity contribution in [2.24, 2.45) is 0 Å². The Morgan fingerprint density at radius 2 is 2.00 bits per heavy atom. The maximum Gasteiger partial charge on any atom is 0.223 e. The van der Waals surface area contributed by atoms with Crippen molar-refractivity contribution in [3.63, 3.8) is 0 Å². The van der Waals surface area contributed by atoms with E-state index >= 15 is 0 Å². The fourth-order valence-electron chi connectivity index (χ4n) is 0.766. The van der Waals surface area contributed by atoms with E-state index in [1.165, 1.54) is 0 Å². The minimum atomic E-state index is -0.904. The molecule has 0 radical (unpaired) electrons. The van der Waals surface area contributed by atoms with Gasteiger partial charge in [-0.1, -0.05) is 0 Å².